The number of amides is 1. The molecule has 1 aromatic heterocycles. The van der Waals surface area contributed by atoms with Crippen LogP contribution in [0.4, 0.5) is 0 Å². The lowest BCUT2D eigenvalue weighted by atomic mass is 10.2. The molecule has 0 unspecified atom stereocenters. The van der Waals surface area contributed by atoms with Gasteiger partial charge < -0.3 is 9.64 Å². The molecule has 0 radical (unpaired) electrons. The molecule has 1 heterocycles. The number of esters is 1. The Morgan fingerprint density at radius 3 is 2.73 bits per heavy atom. The van der Waals surface area contributed by atoms with Gasteiger partial charge in [0, 0.05) is 12.1 Å². The van der Waals surface area contributed by atoms with Gasteiger partial charge in [-0.2, -0.15) is 0 Å². The summed E-state index contributed by atoms with van der Waals surface area (Å²) in [7, 11) is 1.67. The Morgan fingerprint density at radius 1 is 1.23 bits per heavy atom. The van der Waals surface area contributed by atoms with Crippen LogP contribution in [0.2, 0.25) is 5.02 Å². The van der Waals surface area contributed by atoms with Crippen molar-refractivity contribution < 1.29 is 14.3 Å². The number of thiazole rings is 1. The van der Waals surface area contributed by atoms with Gasteiger partial charge >= 0.3 is 5.97 Å². The second-order valence-corrected chi connectivity index (χ2v) is 7.29. The maximum Gasteiger partial charge on any atom is 0.338 e. The van der Waals surface area contributed by atoms with E-state index in [1.165, 1.54) is 11.0 Å². The second-order valence-electron chi connectivity index (χ2n) is 5.79. The zero-order valence-electron chi connectivity index (χ0n) is 14.3. The largest absolute Gasteiger partial charge is 0.452 e. The van der Waals surface area contributed by atoms with E-state index in [1.54, 1.807) is 36.6 Å². The number of carbonyl (C=O) groups is 2. The summed E-state index contributed by atoms with van der Waals surface area (Å²) in [6.07, 6.45) is 0. The van der Waals surface area contributed by atoms with Crippen LogP contribution in [0.5, 0.6) is 0 Å². The Hall–Kier alpha value is -2.44. The van der Waals surface area contributed by atoms with Gasteiger partial charge in [0.2, 0.25) is 0 Å². The molecule has 0 fully saturated rings. The zero-order valence-corrected chi connectivity index (χ0v) is 15.9. The molecule has 3 rings (SSSR count). The first-order valence-electron chi connectivity index (χ1n) is 7.99. The summed E-state index contributed by atoms with van der Waals surface area (Å²) in [6.45, 7) is 1.56. The number of benzene rings is 2. The van der Waals surface area contributed by atoms with E-state index in [-0.39, 0.29) is 18.6 Å². The fraction of sp³-hybridized carbons (Fsp3) is 0.211. The van der Waals surface area contributed by atoms with E-state index in [4.69, 9.17) is 16.3 Å². The Morgan fingerprint density at radius 2 is 2.00 bits per heavy atom. The molecule has 1 amide bonds. The van der Waals surface area contributed by atoms with Crippen LogP contribution >= 0.6 is 22.9 Å². The van der Waals surface area contributed by atoms with Crippen molar-refractivity contribution in [2.75, 3.05) is 13.7 Å². The van der Waals surface area contributed by atoms with E-state index < -0.39 is 5.97 Å². The molecule has 5 nitrogen and oxygen atoms in total. The van der Waals surface area contributed by atoms with Crippen LogP contribution in [0.25, 0.3) is 10.2 Å². The molecule has 134 valence electrons. The first-order chi connectivity index (χ1) is 12.5. The summed E-state index contributed by atoms with van der Waals surface area (Å²) in [6, 6.07) is 14.0. The maximum atomic E-state index is 12.4. The van der Waals surface area contributed by atoms with E-state index in [9.17, 15) is 9.59 Å². The van der Waals surface area contributed by atoms with Crippen LogP contribution in [0.3, 0.4) is 0 Å². The molecule has 2 aromatic carbocycles. The quantitative estimate of drug-likeness (QED) is 0.610. The van der Waals surface area contributed by atoms with Crippen molar-refractivity contribution in [1.82, 2.24) is 9.88 Å². The SMILES string of the molecule is C[C@H](c1nc2ccccc2s1)N(C)C(=O)COC(=O)c1cccc(Cl)c1. The zero-order chi connectivity index (χ0) is 18.7. The van der Waals surface area contributed by atoms with E-state index in [2.05, 4.69) is 4.98 Å². The molecular formula is C19H17ClN2O3S. The van der Waals surface area contributed by atoms with E-state index in [1.807, 2.05) is 31.2 Å². The normalized spacial score (nSPS) is 12.0. The maximum absolute atomic E-state index is 12.4. The molecule has 0 aliphatic rings. The molecule has 1 atom stereocenters. The molecule has 26 heavy (non-hydrogen) atoms. The van der Waals surface area contributed by atoms with Gasteiger partial charge in [-0.3, -0.25) is 4.79 Å². The molecule has 0 N–H and O–H groups in total. The van der Waals surface area contributed by atoms with Crippen molar-refractivity contribution in [3.8, 4) is 0 Å². The number of halogens is 1. The van der Waals surface area contributed by atoms with Crippen molar-refractivity contribution in [1.29, 1.82) is 0 Å². The number of carbonyl (C=O) groups excluding carboxylic acids is 2. The molecule has 0 aliphatic heterocycles. The average molecular weight is 389 g/mol. The molecule has 0 spiro atoms. The number of likely N-dealkylation sites (N-methyl/N-ethyl adjacent to an activating group) is 1. The number of ether oxygens (including phenoxy) is 1. The predicted molar refractivity (Wildman–Crippen MR) is 103 cm³/mol. The Balaban J connectivity index is 1.62. The van der Waals surface area contributed by atoms with Crippen molar-refractivity contribution in [3.05, 3.63) is 64.1 Å². The van der Waals surface area contributed by atoms with Crippen molar-refractivity contribution in [2.24, 2.45) is 0 Å². The van der Waals surface area contributed by atoms with Gasteiger partial charge in [0.15, 0.2) is 6.61 Å². The molecule has 0 aliphatic carbocycles. The highest BCUT2D eigenvalue weighted by Gasteiger charge is 2.22. The molecule has 3 aromatic rings. The van der Waals surface area contributed by atoms with Crippen LogP contribution in [0, 0.1) is 0 Å². The minimum atomic E-state index is -0.582. The third-order valence-corrected chi connectivity index (χ3v) is 5.47. The summed E-state index contributed by atoms with van der Waals surface area (Å²) in [5, 5.41) is 1.27. The minimum Gasteiger partial charge on any atom is -0.452 e. The van der Waals surface area contributed by atoms with Gasteiger partial charge in [0.05, 0.1) is 21.8 Å². The molecule has 0 saturated heterocycles. The average Bonchev–Trinajstić information content (AvgIpc) is 3.08. The number of aromatic nitrogens is 1. The first kappa shape index (κ1) is 18.4. The number of fused-ring (bicyclic) bond motifs is 1. The highest BCUT2D eigenvalue weighted by atomic mass is 35.5. The lowest BCUT2D eigenvalue weighted by molar-refractivity contribution is -0.135. The number of hydrogen-bond acceptors (Lipinski definition) is 5. The van der Waals surface area contributed by atoms with Crippen LogP contribution in [-0.4, -0.2) is 35.4 Å². The smallest absolute Gasteiger partial charge is 0.338 e. The van der Waals surface area contributed by atoms with Crippen LogP contribution in [0.15, 0.2) is 48.5 Å². The molecule has 7 heteroatoms. The van der Waals surface area contributed by atoms with Crippen molar-refractivity contribution in [3.63, 3.8) is 0 Å². The number of rotatable bonds is 5. The predicted octanol–water partition coefficient (Wildman–Crippen LogP) is 4.33. The Kier molecular flexibility index (Phi) is 5.54. The fourth-order valence-corrected chi connectivity index (χ4v) is 3.63. The van der Waals surface area contributed by atoms with Crippen LogP contribution in [0.1, 0.15) is 28.3 Å². The van der Waals surface area contributed by atoms with Gasteiger partial charge in [0.25, 0.3) is 5.91 Å². The number of para-hydroxylation sites is 1. The van der Waals surface area contributed by atoms with Gasteiger partial charge in [0.1, 0.15) is 5.01 Å². The monoisotopic (exact) mass is 388 g/mol. The van der Waals surface area contributed by atoms with Gasteiger partial charge in [-0.05, 0) is 37.3 Å². The van der Waals surface area contributed by atoms with E-state index >= 15 is 0 Å². The summed E-state index contributed by atoms with van der Waals surface area (Å²) in [5.41, 5.74) is 1.22. The highest BCUT2D eigenvalue weighted by Crippen LogP contribution is 2.28. The number of hydrogen-bond donors (Lipinski definition) is 0. The lowest BCUT2D eigenvalue weighted by Gasteiger charge is -2.23. The van der Waals surface area contributed by atoms with Crippen molar-refractivity contribution >= 4 is 45.0 Å². The third kappa shape index (κ3) is 4.03. The number of nitrogens with zero attached hydrogens (tertiary/aromatic N) is 2. The fourth-order valence-electron chi connectivity index (χ4n) is 2.38. The summed E-state index contributed by atoms with van der Waals surface area (Å²) >= 11 is 7.40. The molecule has 0 saturated carbocycles. The Labute approximate surface area is 160 Å². The first-order valence-corrected chi connectivity index (χ1v) is 9.19. The van der Waals surface area contributed by atoms with Crippen LogP contribution < -0.4 is 0 Å². The summed E-state index contributed by atoms with van der Waals surface area (Å²) in [4.78, 5) is 30.5. The topological polar surface area (TPSA) is 59.5 Å². The molecule has 0 bridgehead atoms. The standard InChI is InChI=1S/C19H17ClN2O3S/c1-12(18-21-15-8-3-4-9-16(15)26-18)22(2)17(23)11-25-19(24)13-6-5-7-14(20)10-13/h3-10,12H,11H2,1-2H3/t12-/m1/s1. The highest BCUT2D eigenvalue weighted by molar-refractivity contribution is 7.18. The van der Waals surface area contributed by atoms with Crippen molar-refractivity contribution in [2.45, 2.75) is 13.0 Å². The van der Waals surface area contributed by atoms with E-state index in [0.717, 1.165) is 15.2 Å². The van der Waals surface area contributed by atoms with Crippen LogP contribution in [-0.2, 0) is 9.53 Å². The lowest BCUT2D eigenvalue weighted by Crippen LogP contribution is -2.33. The van der Waals surface area contributed by atoms with Gasteiger partial charge in [-0.25, -0.2) is 9.78 Å². The molecular weight excluding hydrogens is 372 g/mol. The summed E-state index contributed by atoms with van der Waals surface area (Å²) < 4.78 is 6.18. The minimum absolute atomic E-state index is 0.218. The van der Waals surface area contributed by atoms with E-state index in [0.29, 0.717) is 10.6 Å². The third-order valence-electron chi connectivity index (χ3n) is 4.03. The summed E-state index contributed by atoms with van der Waals surface area (Å²) in [5.74, 6) is -0.881. The van der Waals surface area contributed by atoms with Gasteiger partial charge in [-0.1, -0.05) is 29.8 Å². The van der Waals surface area contributed by atoms with Gasteiger partial charge in [-0.15, -0.1) is 11.3 Å². The Bertz CT molecular complexity index is 924. The second kappa shape index (κ2) is 7.85.